The third-order valence-electron chi connectivity index (χ3n) is 4.70. The highest BCUT2D eigenvalue weighted by Crippen LogP contribution is 2.26. The van der Waals surface area contributed by atoms with Crippen molar-refractivity contribution in [3.8, 4) is 5.75 Å². The zero-order valence-corrected chi connectivity index (χ0v) is 17.1. The maximum absolute atomic E-state index is 13.4. The van der Waals surface area contributed by atoms with Crippen LogP contribution in [-0.4, -0.2) is 64.0 Å². The Morgan fingerprint density at radius 2 is 1.93 bits per heavy atom. The zero-order valence-electron chi connectivity index (χ0n) is 16.3. The van der Waals surface area contributed by atoms with E-state index in [4.69, 9.17) is 9.47 Å². The van der Waals surface area contributed by atoms with Crippen LogP contribution in [0.1, 0.15) is 15.9 Å². The SMILES string of the molecule is COc1ccc(S(=O)(=O)N(C)Cc2cccc(F)c2)cc1C(=O)N1CCOCC1. The van der Waals surface area contributed by atoms with Crippen molar-refractivity contribution in [3.63, 3.8) is 0 Å². The number of nitrogens with zero attached hydrogens (tertiary/aromatic N) is 2. The Morgan fingerprint density at radius 1 is 1.21 bits per heavy atom. The van der Waals surface area contributed by atoms with Crippen LogP contribution in [0, 0.1) is 5.82 Å². The predicted octanol–water partition coefficient (Wildman–Crippen LogP) is 2.13. The Labute approximate surface area is 169 Å². The molecule has 0 radical (unpaired) electrons. The van der Waals surface area contributed by atoms with Crippen LogP contribution in [0.15, 0.2) is 47.4 Å². The van der Waals surface area contributed by atoms with Gasteiger partial charge in [-0.1, -0.05) is 12.1 Å². The van der Waals surface area contributed by atoms with Crippen molar-refractivity contribution in [2.45, 2.75) is 11.4 Å². The summed E-state index contributed by atoms with van der Waals surface area (Å²) in [5, 5.41) is 0. The van der Waals surface area contributed by atoms with Gasteiger partial charge < -0.3 is 14.4 Å². The minimum Gasteiger partial charge on any atom is -0.496 e. The van der Waals surface area contributed by atoms with Gasteiger partial charge in [0.25, 0.3) is 5.91 Å². The van der Waals surface area contributed by atoms with Crippen LogP contribution in [-0.2, 0) is 21.3 Å². The average Bonchev–Trinajstić information content (AvgIpc) is 2.73. The summed E-state index contributed by atoms with van der Waals surface area (Å²) in [5.74, 6) is -0.445. The number of sulfonamides is 1. The quantitative estimate of drug-likeness (QED) is 0.713. The van der Waals surface area contributed by atoms with Crippen molar-refractivity contribution in [2.75, 3.05) is 40.5 Å². The second-order valence-corrected chi connectivity index (χ2v) is 8.70. The van der Waals surface area contributed by atoms with Gasteiger partial charge in [0.05, 0.1) is 30.8 Å². The molecule has 1 fully saturated rings. The maximum Gasteiger partial charge on any atom is 0.257 e. The van der Waals surface area contributed by atoms with E-state index in [1.165, 1.54) is 50.6 Å². The summed E-state index contributed by atoms with van der Waals surface area (Å²) in [6.07, 6.45) is 0. The highest BCUT2D eigenvalue weighted by molar-refractivity contribution is 7.89. The largest absolute Gasteiger partial charge is 0.496 e. The van der Waals surface area contributed by atoms with E-state index >= 15 is 0 Å². The molecule has 0 spiro atoms. The Hall–Kier alpha value is -2.49. The molecule has 1 amide bonds. The van der Waals surface area contributed by atoms with E-state index < -0.39 is 15.8 Å². The smallest absolute Gasteiger partial charge is 0.257 e. The summed E-state index contributed by atoms with van der Waals surface area (Å²) >= 11 is 0. The minimum atomic E-state index is -3.90. The summed E-state index contributed by atoms with van der Waals surface area (Å²) < 4.78 is 51.1. The van der Waals surface area contributed by atoms with Gasteiger partial charge in [-0.15, -0.1) is 0 Å². The number of ether oxygens (including phenoxy) is 2. The number of methoxy groups -OCH3 is 1. The molecule has 0 aliphatic carbocycles. The van der Waals surface area contributed by atoms with Crippen LogP contribution >= 0.6 is 0 Å². The number of morpholine rings is 1. The minimum absolute atomic E-state index is 0.00112. The van der Waals surface area contributed by atoms with Crippen molar-refractivity contribution < 1.29 is 27.1 Å². The van der Waals surface area contributed by atoms with Crippen LogP contribution in [0.2, 0.25) is 0 Å². The van der Waals surface area contributed by atoms with E-state index in [2.05, 4.69) is 0 Å². The molecule has 0 saturated carbocycles. The molecule has 1 aliphatic heterocycles. The first-order valence-corrected chi connectivity index (χ1v) is 10.5. The molecule has 7 nitrogen and oxygen atoms in total. The molecule has 1 aliphatic rings. The molecule has 0 unspecified atom stereocenters. The molecule has 9 heteroatoms. The molecule has 2 aromatic rings. The molecule has 0 N–H and O–H groups in total. The van der Waals surface area contributed by atoms with Gasteiger partial charge in [-0.2, -0.15) is 4.31 Å². The van der Waals surface area contributed by atoms with Gasteiger partial charge in [0.15, 0.2) is 0 Å². The highest BCUT2D eigenvalue weighted by atomic mass is 32.2. The molecule has 156 valence electrons. The molecule has 0 bridgehead atoms. The lowest BCUT2D eigenvalue weighted by molar-refractivity contribution is 0.0300. The van der Waals surface area contributed by atoms with E-state index in [9.17, 15) is 17.6 Å². The maximum atomic E-state index is 13.4. The molecule has 1 heterocycles. The molecule has 0 aromatic heterocycles. The zero-order chi connectivity index (χ0) is 21.0. The van der Waals surface area contributed by atoms with Crippen LogP contribution in [0.3, 0.4) is 0 Å². The fraction of sp³-hybridized carbons (Fsp3) is 0.350. The third-order valence-corrected chi connectivity index (χ3v) is 6.50. The fourth-order valence-corrected chi connectivity index (χ4v) is 4.29. The molecule has 0 atom stereocenters. The number of benzene rings is 2. The molecular weight excluding hydrogens is 399 g/mol. The van der Waals surface area contributed by atoms with Crippen LogP contribution < -0.4 is 4.74 Å². The van der Waals surface area contributed by atoms with Crippen molar-refractivity contribution in [2.24, 2.45) is 0 Å². The number of hydrogen-bond donors (Lipinski definition) is 0. The van der Waals surface area contributed by atoms with Gasteiger partial charge in [0.1, 0.15) is 11.6 Å². The second kappa shape index (κ2) is 8.89. The third kappa shape index (κ3) is 4.75. The first-order valence-electron chi connectivity index (χ1n) is 9.09. The number of hydrogen-bond acceptors (Lipinski definition) is 5. The van der Waals surface area contributed by atoms with E-state index in [1.54, 1.807) is 11.0 Å². The number of amides is 1. The Morgan fingerprint density at radius 3 is 2.59 bits per heavy atom. The van der Waals surface area contributed by atoms with Crippen molar-refractivity contribution in [3.05, 3.63) is 59.4 Å². The molecule has 29 heavy (non-hydrogen) atoms. The Balaban J connectivity index is 1.89. The van der Waals surface area contributed by atoms with Crippen LogP contribution in [0.4, 0.5) is 4.39 Å². The summed E-state index contributed by atoms with van der Waals surface area (Å²) in [5.41, 5.74) is 0.698. The van der Waals surface area contributed by atoms with Gasteiger partial charge in [-0.25, -0.2) is 12.8 Å². The number of halogens is 1. The summed E-state index contributed by atoms with van der Waals surface area (Å²) in [4.78, 5) is 14.5. The molecular formula is C20H23FN2O5S. The average molecular weight is 422 g/mol. The van der Waals surface area contributed by atoms with Gasteiger partial charge >= 0.3 is 0 Å². The molecule has 2 aromatic carbocycles. The summed E-state index contributed by atoms with van der Waals surface area (Å²) in [6, 6.07) is 9.95. The van der Waals surface area contributed by atoms with E-state index in [1.807, 2.05) is 0 Å². The standard InChI is InChI=1S/C20H23FN2O5S/c1-22(14-15-4-3-5-16(21)12-15)29(25,26)17-6-7-19(27-2)18(13-17)20(24)23-8-10-28-11-9-23/h3-7,12-13H,8-11,14H2,1-2H3. The molecule has 1 saturated heterocycles. The van der Waals surface area contributed by atoms with Gasteiger partial charge in [-0.3, -0.25) is 4.79 Å². The van der Waals surface area contributed by atoms with Gasteiger partial charge in [0.2, 0.25) is 10.0 Å². The van der Waals surface area contributed by atoms with Crippen molar-refractivity contribution in [1.82, 2.24) is 9.21 Å². The summed E-state index contributed by atoms with van der Waals surface area (Å²) in [6.45, 7) is 1.72. The first-order chi connectivity index (χ1) is 13.8. The van der Waals surface area contributed by atoms with Gasteiger partial charge in [0, 0.05) is 26.7 Å². The number of rotatable bonds is 6. The Bertz CT molecular complexity index is 990. The monoisotopic (exact) mass is 422 g/mol. The van der Waals surface area contributed by atoms with Crippen molar-refractivity contribution >= 4 is 15.9 Å². The highest BCUT2D eigenvalue weighted by Gasteiger charge is 2.27. The first kappa shape index (κ1) is 21.2. The topological polar surface area (TPSA) is 76.2 Å². The van der Waals surface area contributed by atoms with E-state index in [-0.39, 0.29) is 22.9 Å². The van der Waals surface area contributed by atoms with Crippen LogP contribution in [0.5, 0.6) is 5.75 Å². The second-order valence-electron chi connectivity index (χ2n) is 6.66. The lowest BCUT2D eigenvalue weighted by Gasteiger charge is -2.27. The molecule has 3 rings (SSSR count). The van der Waals surface area contributed by atoms with Crippen molar-refractivity contribution in [1.29, 1.82) is 0 Å². The van der Waals surface area contributed by atoms with E-state index in [0.717, 1.165) is 4.31 Å². The summed E-state index contributed by atoms with van der Waals surface area (Å²) in [7, 11) is -1.06. The lowest BCUT2D eigenvalue weighted by atomic mass is 10.1. The van der Waals surface area contributed by atoms with E-state index in [0.29, 0.717) is 37.6 Å². The predicted molar refractivity (Wildman–Crippen MR) is 105 cm³/mol. The van der Waals surface area contributed by atoms with Crippen LogP contribution in [0.25, 0.3) is 0 Å². The number of carbonyl (C=O) groups excluding carboxylic acids is 1. The van der Waals surface area contributed by atoms with Gasteiger partial charge in [-0.05, 0) is 35.9 Å². The normalized spacial score (nSPS) is 14.8. The Kier molecular flexibility index (Phi) is 6.51. The number of carbonyl (C=O) groups is 1. The fourth-order valence-electron chi connectivity index (χ4n) is 3.11. The lowest BCUT2D eigenvalue weighted by Crippen LogP contribution is -2.40.